The fraction of sp³-hybridized carbons (Fsp3) is 0.0417. The van der Waals surface area contributed by atoms with Gasteiger partial charge in [0, 0.05) is 10.6 Å². The molecule has 1 heterocycles. The van der Waals surface area contributed by atoms with Crippen LogP contribution < -0.4 is 0 Å². The van der Waals surface area contributed by atoms with Crippen LogP contribution in [-0.4, -0.2) is 20.7 Å². The number of fused-ring (bicyclic) bond motifs is 2. The zero-order valence-corrected chi connectivity index (χ0v) is 17.5. The minimum atomic E-state index is 0.498. The Balaban J connectivity index is 1.56. The molecule has 1 aromatic heterocycles. The summed E-state index contributed by atoms with van der Waals surface area (Å²) >= 11 is 11.9. The van der Waals surface area contributed by atoms with Gasteiger partial charge in [-0.3, -0.25) is 0 Å². The summed E-state index contributed by atoms with van der Waals surface area (Å²) in [6.07, 6.45) is 3.49. The predicted octanol–water partition coefficient (Wildman–Crippen LogP) is 6.30. The molecule has 0 aliphatic heterocycles. The maximum Gasteiger partial charge on any atom is 0.219 e. The molecule has 0 unspecified atom stereocenters. The molecule has 0 N–H and O–H groups in total. The maximum absolute atomic E-state index is 6.27. The largest absolute Gasteiger partial charge is 0.232 e. The van der Waals surface area contributed by atoms with Gasteiger partial charge in [0.05, 0.1) is 12.8 Å². The molecule has 0 atom stereocenters. The van der Waals surface area contributed by atoms with Crippen molar-refractivity contribution in [2.24, 2.45) is 5.10 Å². The van der Waals surface area contributed by atoms with Crippen LogP contribution in [0.1, 0.15) is 11.1 Å². The molecule has 5 rings (SSSR count). The van der Waals surface area contributed by atoms with Crippen molar-refractivity contribution in [1.82, 2.24) is 14.5 Å². The molecular formula is C24H17ClN4S. The number of hydrogen-bond donors (Lipinski definition) is 0. The van der Waals surface area contributed by atoms with E-state index in [-0.39, 0.29) is 0 Å². The fourth-order valence-electron chi connectivity index (χ4n) is 3.61. The first kappa shape index (κ1) is 18.7. The molecule has 0 radical (unpaired) electrons. The van der Waals surface area contributed by atoms with E-state index in [0.29, 0.717) is 16.3 Å². The lowest BCUT2D eigenvalue weighted by atomic mass is 9.97. The van der Waals surface area contributed by atoms with Crippen molar-refractivity contribution in [2.45, 2.75) is 6.54 Å². The van der Waals surface area contributed by atoms with Gasteiger partial charge in [0.15, 0.2) is 0 Å². The first-order valence-corrected chi connectivity index (χ1v) is 10.3. The van der Waals surface area contributed by atoms with Gasteiger partial charge in [-0.15, -0.1) is 0 Å². The second-order valence-corrected chi connectivity index (χ2v) is 7.76. The normalized spacial score (nSPS) is 11.6. The molecule has 30 heavy (non-hydrogen) atoms. The Kier molecular flexibility index (Phi) is 4.91. The highest BCUT2D eigenvalue weighted by atomic mass is 35.5. The highest BCUT2D eigenvalue weighted by Crippen LogP contribution is 2.27. The van der Waals surface area contributed by atoms with Gasteiger partial charge in [0.2, 0.25) is 4.77 Å². The third-order valence-electron chi connectivity index (χ3n) is 5.12. The van der Waals surface area contributed by atoms with E-state index in [4.69, 9.17) is 23.8 Å². The lowest BCUT2D eigenvalue weighted by Gasteiger charge is -2.07. The molecule has 0 bridgehead atoms. The van der Waals surface area contributed by atoms with Crippen LogP contribution in [-0.2, 0) is 6.54 Å². The molecule has 4 nitrogen and oxygen atoms in total. The summed E-state index contributed by atoms with van der Waals surface area (Å²) in [5, 5.41) is 14.4. The van der Waals surface area contributed by atoms with Crippen LogP contribution in [0.15, 0.2) is 90.3 Å². The molecule has 0 amide bonds. The average molecular weight is 429 g/mol. The third-order valence-corrected chi connectivity index (χ3v) is 5.89. The number of halogens is 1. The van der Waals surface area contributed by atoms with E-state index in [9.17, 15) is 0 Å². The summed E-state index contributed by atoms with van der Waals surface area (Å²) in [4.78, 5) is 0. The fourth-order valence-corrected chi connectivity index (χ4v) is 4.01. The van der Waals surface area contributed by atoms with E-state index in [2.05, 4.69) is 40.5 Å². The SMILES string of the molecule is S=c1n(/N=C\c2c3ccccc3cc3ccccc23)cnn1Cc1ccccc1Cl. The Hall–Kier alpha value is -3.28. The van der Waals surface area contributed by atoms with Crippen LogP contribution in [0.2, 0.25) is 5.02 Å². The van der Waals surface area contributed by atoms with Crippen LogP contribution >= 0.6 is 23.8 Å². The molecule has 0 saturated carbocycles. The predicted molar refractivity (Wildman–Crippen MR) is 126 cm³/mol. The summed E-state index contributed by atoms with van der Waals surface area (Å²) in [6.45, 7) is 0.498. The van der Waals surface area contributed by atoms with Gasteiger partial charge in [-0.2, -0.15) is 14.9 Å². The van der Waals surface area contributed by atoms with Crippen LogP contribution in [0.3, 0.4) is 0 Å². The molecule has 0 saturated heterocycles. The monoisotopic (exact) mass is 428 g/mol. The molecule has 5 aromatic rings. The van der Waals surface area contributed by atoms with Gasteiger partial charge in [-0.25, -0.2) is 4.68 Å². The summed E-state index contributed by atoms with van der Waals surface area (Å²) < 4.78 is 3.84. The number of rotatable bonds is 4. The average Bonchev–Trinajstić information content (AvgIpc) is 3.12. The van der Waals surface area contributed by atoms with Gasteiger partial charge in [-0.05, 0) is 51.5 Å². The molecular weight excluding hydrogens is 412 g/mol. The zero-order chi connectivity index (χ0) is 20.5. The number of benzene rings is 4. The van der Waals surface area contributed by atoms with Crippen molar-refractivity contribution in [3.05, 3.63) is 106 Å². The summed E-state index contributed by atoms with van der Waals surface area (Å²) in [5.74, 6) is 0. The van der Waals surface area contributed by atoms with E-state index in [1.54, 1.807) is 15.7 Å². The molecule has 0 aliphatic rings. The second kappa shape index (κ2) is 7.86. The van der Waals surface area contributed by atoms with E-state index < -0.39 is 0 Å². The zero-order valence-electron chi connectivity index (χ0n) is 15.9. The van der Waals surface area contributed by atoms with Crippen molar-refractivity contribution < 1.29 is 0 Å². The lowest BCUT2D eigenvalue weighted by Crippen LogP contribution is -2.03. The van der Waals surface area contributed by atoms with Crippen molar-refractivity contribution in [3.63, 3.8) is 0 Å². The Morgan fingerprint density at radius 3 is 2.23 bits per heavy atom. The van der Waals surface area contributed by atoms with Gasteiger partial charge in [-0.1, -0.05) is 78.3 Å². The van der Waals surface area contributed by atoms with E-state index in [1.165, 1.54) is 10.8 Å². The number of hydrogen-bond acceptors (Lipinski definition) is 3. The van der Waals surface area contributed by atoms with Gasteiger partial charge < -0.3 is 0 Å². The van der Waals surface area contributed by atoms with Crippen molar-refractivity contribution in [3.8, 4) is 0 Å². The highest BCUT2D eigenvalue weighted by molar-refractivity contribution is 7.71. The number of aromatic nitrogens is 3. The van der Waals surface area contributed by atoms with Gasteiger partial charge in [0.25, 0.3) is 0 Å². The van der Waals surface area contributed by atoms with Crippen LogP contribution in [0, 0.1) is 4.77 Å². The Morgan fingerprint density at radius 2 is 1.53 bits per heavy atom. The Morgan fingerprint density at radius 1 is 0.900 bits per heavy atom. The highest BCUT2D eigenvalue weighted by Gasteiger charge is 2.07. The van der Waals surface area contributed by atoms with E-state index in [1.807, 2.05) is 54.7 Å². The lowest BCUT2D eigenvalue weighted by molar-refractivity contribution is 0.666. The Labute approximate surface area is 183 Å². The summed E-state index contributed by atoms with van der Waals surface area (Å²) in [7, 11) is 0. The van der Waals surface area contributed by atoms with Crippen molar-refractivity contribution in [2.75, 3.05) is 0 Å². The molecule has 146 valence electrons. The van der Waals surface area contributed by atoms with Gasteiger partial charge >= 0.3 is 0 Å². The first-order valence-electron chi connectivity index (χ1n) is 9.53. The third kappa shape index (κ3) is 3.43. The second-order valence-electron chi connectivity index (χ2n) is 6.98. The Bertz CT molecular complexity index is 1410. The van der Waals surface area contributed by atoms with E-state index >= 15 is 0 Å². The topological polar surface area (TPSA) is 35.1 Å². The quantitative estimate of drug-likeness (QED) is 0.191. The minimum Gasteiger partial charge on any atom is -0.232 e. The first-order chi connectivity index (χ1) is 14.7. The summed E-state index contributed by atoms with van der Waals surface area (Å²) in [5.41, 5.74) is 2.02. The molecule has 6 heteroatoms. The maximum atomic E-state index is 6.27. The van der Waals surface area contributed by atoms with Crippen LogP contribution in [0.5, 0.6) is 0 Å². The molecule has 0 aliphatic carbocycles. The summed E-state index contributed by atoms with van der Waals surface area (Å²) in [6, 6.07) is 26.5. The van der Waals surface area contributed by atoms with Crippen molar-refractivity contribution in [1.29, 1.82) is 0 Å². The van der Waals surface area contributed by atoms with Crippen molar-refractivity contribution >= 4 is 51.6 Å². The van der Waals surface area contributed by atoms with E-state index in [0.717, 1.165) is 21.9 Å². The standard InChI is InChI=1S/C24H17ClN4S/c25-23-12-6-3-9-19(23)15-28-24(30)29(16-27-28)26-14-22-20-10-4-1-7-17(20)13-18-8-2-5-11-21(18)22/h1-14,16H,15H2/b26-14-. The molecule has 0 fully saturated rings. The smallest absolute Gasteiger partial charge is 0.219 e. The van der Waals surface area contributed by atoms with Gasteiger partial charge in [0.1, 0.15) is 6.33 Å². The minimum absolute atomic E-state index is 0.498. The molecule has 0 spiro atoms. The van der Waals surface area contributed by atoms with Crippen LogP contribution in [0.4, 0.5) is 0 Å². The number of nitrogens with zero attached hydrogens (tertiary/aromatic N) is 4. The van der Waals surface area contributed by atoms with Crippen LogP contribution in [0.25, 0.3) is 21.5 Å². The molecule has 4 aromatic carbocycles.